The first-order chi connectivity index (χ1) is 11.9. The van der Waals surface area contributed by atoms with Crippen molar-refractivity contribution in [2.75, 3.05) is 6.61 Å². The molecule has 1 heterocycles. The molecule has 0 atom stereocenters. The molecular formula is C20H25F3NO+. The van der Waals surface area contributed by atoms with Crippen LogP contribution in [0.25, 0.3) is 0 Å². The summed E-state index contributed by atoms with van der Waals surface area (Å²) in [6.07, 6.45) is 2.75. The first-order valence-corrected chi connectivity index (χ1v) is 8.73. The molecule has 0 amide bonds. The monoisotopic (exact) mass is 352 g/mol. The number of hydrogen-bond acceptors (Lipinski definition) is 1. The predicted molar refractivity (Wildman–Crippen MR) is 91.5 cm³/mol. The second-order valence-electron chi connectivity index (χ2n) is 6.11. The van der Waals surface area contributed by atoms with Crippen molar-refractivity contribution < 1.29 is 22.5 Å². The molecule has 0 radical (unpaired) electrons. The van der Waals surface area contributed by atoms with Gasteiger partial charge in [-0.1, -0.05) is 19.9 Å². The van der Waals surface area contributed by atoms with E-state index < -0.39 is 11.7 Å². The molecule has 0 saturated heterocycles. The van der Waals surface area contributed by atoms with Crippen LogP contribution in [0.15, 0.2) is 48.8 Å². The maximum Gasteiger partial charge on any atom is 0.416 e. The minimum absolute atomic E-state index is 0.254. The van der Waals surface area contributed by atoms with Gasteiger partial charge in [0.25, 0.3) is 0 Å². The Labute approximate surface area is 147 Å². The number of aromatic nitrogens is 1. The number of alkyl halides is 3. The largest absolute Gasteiger partial charge is 0.493 e. The molecule has 0 spiro atoms. The van der Waals surface area contributed by atoms with Crippen LogP contribution in [0.3, 0.4) is 0 Å². The molecule has 2 aromatic rings. The van der Waals surface area contributed by atoms with Gasteiger partial charge in [-0.2, -0.15) is 13.2 Å². The van der Waals surface area contributed by atoms with Gasteiger partial charge in [-0.3, -0.25) is 0 Å². The first kappa shape index (κ1) is 19.3. The van der Waals surface area contributed by atoms with Crippen LogP contribution in [0.5, 0.6) is 5.75 Å². The number of benzene rings is 1. The molecule has 0 fully saturated rings. The van der Waals surface area contributed by atoms with E-state index in [-0.39, 0.29) is 5.75 Å². The molecule has 0 aliphatic heterocycles. The van der Waals surface area contributed by atoms with Gasteiger partial charge in [0.15, 0.2) is 18.9 Å². The highest BCUT2D eigenvalue weighted by atomic mass is 19.4. The standard InChI is InChI=1S/C20H25F3NO/c1-3-16(4-2)17-9-12-24(13-10-17)11-6-14-25-19-8-5-7-18(15-19)20(21,22)23/h5,7-10,12-13,15-16H,3-4,6,11,14H2,1-2H3/q+1. The highest BCUT2D eigenvalue weighted by Gasteiger charge is 2.30. The van der Waals surface area contributed by atoms with Gasteiger partial charge in [0, 0.05) is 18.6 Å². The maximum absolute atomic E-state index is 12.7. The van der Waals surface area contributed by atoms with E-state index in [0.29, 0.717) is 12.5 Å². The zero-order chi connectivity index (χ0) is 18.3. The zero-order valence-corrected chi connectivity index (χ0v) is 14.7. The molecule has 0 N–H and O–H groups in total. The fourth-order valence-corrected chi connectivity index (χ4v) is 2.85. The van der Waals surface area contributed by atoms with Crippen molar-refractivity contribution in [1.82, 2.24) is 0 Å². The number of hydrogen-bond donors (Lipinski definition) is 0. The highest BCUT2D eigenvalue weighted by molar-refractivity contribution is 5.30. The molecule has 1 aromatic carbocycles. The normalized spacial score (nSPS) is 11.8. The van der Waals surface area contributed by atoms with Gasteiger partial charge in [-0.25, -0.2) is 4.57 Å². The topological polar surface area (TPSA) is 13.1 Å². The van der Waals surface area contributed by atoms with Crippen molar-refractivity contribution in [2.24, 2.45) is 0 Å². The fourth-order valence-electron chi connectivity index (χ4n) is 2.85. The first-order valence-electron chi connectivity index (χ1n) is 8.73. The Morgan fingerprint density at radius 1 is 1.04 bits per heavy atom. The Hall–Kier alpha value is -2.04. The Bertz CT molecular complexity index is 649. The van der Waals surface area contributed by atoms with E-state index >= 15 is 0 Å². The number of pyridine rings is 1. The summed E-state index contributed by atoms with van der Waals surface area (Å²) in [6, 6.07) is 9.29. The van der Waals surface area contributed by atoms with E-state index in [9.17, 15) is 13.2 Å². The molecule has 0 unspecified atom stereocenters. The Morgan fingerprint density at radius 3 is 2.32 bits per heavy atom. The van der Waals surface area contributed by atoms with Crippen LogP contribution in [0, 0.1) is 0 Å². The molecule has 0 aliphatic carbocycles. The summed E-state index contributed by atoms with van der Waals surface area (Å²) in [5.41, 5.74) is 0.665. The maximum atomic E-state index is 12.7. The molecule has 1 aromatic heterocycles. The molecule has 0 bridgehead atoms. The summed E-state index contributed by atoms with van der Waals surface area (Å²) in [6.45, 7) is 5.53. The van der Waals surface area contributed by atoms with E-state index in [1.807, 2.05) is 0 Å². The summed E-state index contributed by atoms with van der Waals surface area (Å²) in [5.74, 6) is 0.850. The molecule has 136 valence electrons. The predicted octanol–water partition coefficient (Wildman–Crippen LogP) is 5.37. The third-order valence-corrected chi connectivity index (χ3v) is 4.36. The smallest absolute Gasteiger partial charge is 0.416 e. The summed E-state index contributed by atoms with van der Waals surface area (Å²) in [7, 11) is 0. The summed E-state index contributed by atoms with van der Waals surface area (Å²) in [5, 5.41) is 0. The number of nitrogens with zero attached hydrogens (tertiary/aromatic N) is 1. The van der Waals surface area contributed by atoms with Crippen LogP contribution in [0.4, 0.5) is 13.2 Å². The minimum atomic E-state index is -4.34. The lowest BCUT2D eigenvalue weighted by molar-refractivity contribution is -0.697. The number of aryl methyl sites for hydroxylation is 1. The Kier molecular flexibility index (Phi) is 6.85. The second kappa shape index (κ2) is 8.88. The quantitative estimate of drug-likeness (QED) is 0.460. The van der Waals surface area contributed by atoms with E-state index in [2.05, 4.69) is 42.9 Å². The lowest BCUT2D eigenvalue weighted by Crippen LogP contribution is -2.33. The van der Waals surface area contributed by atoms with Crippen LogP contribution in [0.2, 0.25) is 0 Å². The fraction of sp³-hybridized carbons (Fsp3) is 0.450. The number of ether oxygens (including phenoxy) is 1. The van der Waals surface area contributed by atoms with Crippen molar-refractivity contribution in [3.63, 3.8) is 0 Å². The number of halogens is 3. The van der Waals surface area contributed by atoms with Crippen LogP contribution in [0.1, 0.15) is 50.2 Å². The zero-order valence-electron chi connectivity index (χ0n) is 14.7. The van der Waals surface area contributed by atoms with Gasteiger partial charge in [-0.15, -0.1) is 0 Å². The van der Waals surface area contributed by atoms with Crippen LogP contribution in [-0.2, 0) is 12.7 Å². The molecule has 5 heteroatoms. The molecule has 2 nitrogen and oxygen atoms in total. The van der Waals surface area contributed by atoms with E-state index in [4.69, 9.17) is 4.74 Å². The molecule has 2 rings (SSSR count). The van der Waals surface area contributed by atoms with E-state index in [0.717, 1.165) is 37.9 Å². The van der Waals surface area contributed by atoms with Gasteiger partial charge in [0.1, 0.15) is 5.75 Å². The number of rotatable bonds is 8. The van der Waals surface area contributed by atoms with Gasteiger partial charge in [0.05, 0.1) is 12.2 Å². The molecular weight excluding hydrogens is 327 g/mol. The third-order valence-electron chi connectivity index (χ3n) is 4.36. The van der Waals surface area contributed by atoms with E-state index in [1.54, 1.807) is 6.07 Å². The summed E-state index contributed by atoms with van der Waals surface area (Å²) in [4.78, 5) is 0. The highest BCUT2D eigenvalue weighted by Crippen LogP contribution is 2.31. The summed E-state index contributed by atoms with van der Waals surface area (Å²) < 4.78 is 45.5. The van der Waals surface area contributed by atoms with Crippen molar-refractivity contribution >= 4 is 0 Å². The average molecular weight is 352 g/mol. The van der Waals surface area contributed by atoms with E-state index in [1.165, 1.54) is 11.6 Å². The molecule has 0 aliphatic rings. The van der Waals surface area contributed by atoms with Crippen LogP contribution >= 0.6 is 0 Å². The van der Waals surface area contributed by atoms with Crippen molar-refractivity contribution in [2.45, 2.75) is 51.7 Å². The molecule has 0 saturated carbocycles. The van der Waals surface area contributed by atoms with Crippen LogP contribution in [-0.4, -0.2) is 6.61 Å². The van der Waals surface area contributed by atoms with Crippen molar-refractivity contribution in [1.29, 1.82) is 0 Å². The Balaban J connectivity index is 1.81. The van der Waals surface area contributed by atoms with Gasteiger partial charge in [-0.05, 0) is 42.5 Å². The van der Waals surface area contributed by atoms with Gasteiger partial charge >= 0.3 is 6.18 Å². The van der Waals surface area contributed by atoms with Crippen molar-refractivity contribution in [3.8, 4) is 5.75 Å². The second-order valence-corrected chi connectivity index (χ2v) is 6.11. The SMILES string of the molecule is CCC(CC)c1cc[n+](CCCOc2cccc(C(F)(F)F)c2)cc1. The molecule has 25 heavy (non-hydrogen) atoms. The summed E-state index contributed by atoms with van der Waals surface area (Å²) >= 11 is 0. The van der Waals surface area contributed by atoms with Crippen molar-refractivity contribution in [3.05, 3.63) is 59.9 Å². The lowest BCUT2D eigenvalue weighted by Gasteiger charge is -2.11. The van der Waals surface area contributed by atoms with Gasteiger partial charge in [0.2, 0.25) is 0 Å². The minimum Gasteiger partial charge on any atom is -0.493 e. The lowest BCUT2D eigenvalue weighted by atomic mass is 9.95. The van der Waals surface area contributed by atoms with Gasteiger partial charge < -0.3 is 4.74 Å². The Morgan fingerprint density at radius 2 is 1.72 bits per heavy atom. The third kappa shape index (κ3) is 5.76. The average Bonchev–Trinajstić information content (AvgIpc) is 2.60. The van der Waals surface area contributed by atoms with Crippen LogP contribution < -0.4 is 9.30 Å².